The van der Waals surface area contributed by atoms with Crippen LogP contribution in [-0.4, -0.2) is 38.2 Å². The Labute approximate surface area is 145 Å². The molecule has 5 heteroatoms. The Hall–Kier alpha value is -1.75. The van der Waals surface area contributed by atoms with Gasteiger partial charge in [0.25, 0.3) is 0 Å². The zero-order valence-corrected chi connectivity index (χ0v) is 15.1. The Bertz CT molecular complexity index is 623. The topological polar surface area (TPSA) is 46.8 Å². The third-order valence-electron chi connectivity index (χ3n) is 5.25. The maximum absolute atomic E-state index is 4.47. The van der Waals surface area contributed by atoms with Gasteiger partial charge in [-0.3, -0.25) is 4.90 Å². The molecule has 1 aliphatic rings. The van der Waals surface area contributed by atoms with E-state index in [0.29, 0.717) is 6.04 Å². The quantitative estimate of drug-likeness (QED) is 0.807. The second-order valence-corrected chi connectivity index (χ2v) is 6.81. The molecule has 5 nitrogen and oxygen atoms in total. The van der Waals surface area contributed by atoms with Gasteiger partial charge in [-0.25, -0.2) is 4.68 Å². The van der Waals surface area contributed by atoms with Gasteiger partial charge in [0.1, 0.15) is 0 Å². The van der Waals surface area contributed by atoms with Crippen LogP contribution in [0.1, 0.15) is 75.0 Å². The molecular formula is C19H29N5. The van der Waals surface area contributed by atoms with Crippen LogP contribution in [0.3, 0.4) is 0 Å². The molecule has 1 saturated carbocycles. The van der Waals surface area contributed by atoms with Crippen LogP contribution >= 0.6 is 0 Å². The number of hydrogen-bond donors (Lipinski definition) is 0. The monoisotopic (exact) mass is 327 g/mol. The van der Waals surface area contributed by atoms with E-state index in [1.165, 1.54) is 43.2 Å². The molecule has 0 unspecified atom stereocenters. The third kappa shape index (κ3) is 3.51. The highest BCUT2D eigenvalue weighted by atomic mass is 15.6. The van der Waals surface area contributed by atoms with Gasteiger partial charge in [-0.15, -0.1) is 5.10 Å². The second-order valence-electron chi connectivity index (χ2n) is 6.81. The average molecular weight is 327 g/mol. The van der Waals surface area contributed by atoms with E-state index in [0.717, 1.165) is 18.9 Å². The first-order valence-corrected chi connectivity index (χ1v) is 9.33. The van der Waals surface area contributed by atoms with Crippen LogP contribution in [0, 0.1) is 6.92 Å². The minimum Gasteiger partial charge on any atom is -0.290 e. The van der Waals surface area contributed by atoms with Crippen LogP contribution in [-0.2, 0) is 0 Å². The van der Waals surface area contributed by atoms with Crippen molar-refractivity contribution in [2.24, 2.45) is 0 Å². The van der Waals surface area contributed by atoms with E-state index in [2.05, 4.69) is 70.1 Å². The van der Waals surface area contributed by atoms with Crippen LogP contribution in [0.5, 0.6) is 0 Å². The molecular weight excluding hydrogens is 298 g/mol. The number of aryl methyl sites for hydroxylation is 1. The lowest BCUT2D eigenvalue weighted by Crippen LogP contribution is -2.32. The molecule has 24 heavy (non-hydrogen) atoms. The molecule has 0 N–H and O–H groups in total. The maximum atomic E-state index is 4.47. The summed E-state index contributed by atoms with van der Waals surface area (Å²) < 4.78 is 2.11. The van der Waals surface area contributed by atoms with Crippen molar-refractivity contribution < 1.29 is 0 Å². The Morgan fingerprint density at radius 1 is 1.08 bits per heavy atom. The first-order chi connectivity index (χ1) is 11.7. The van der Waals surface area contributed by atoms with Gasteiger partial charge >= 0.3 is 0 Å². The SMILES string of the molecule is CCN(CC)[C@@H](c1ccc(C)cc1)c1nnnn1C1CCCCC1. The fraction of sp³-hybridized carbons (Fsp3) is 0.632. The first kappa shape index (κ1) is 17.1. The van der Waals surface area contributed by atoms with E-state index < -0.39 is 0 Å². The van der Waals surface area contributed by atoms with Gasteiger partial charge in [0.05, 0.1) is 12.1 Å². The Morgan fingerprint density at radius 2 is 1.75 bits per heavy atom. The summed E-state index contributed by atoms with van der Waals surface area (Å²) in [7, 11) is 0. The second kappa shape index (κ2) is 7.88. The van der Waals surface area contributed by atoms with E-state index in [9.17, 15) is 0 Å². The fourth-order valence-electron chi connectivity index (χ4n) is 3.83. The van der Waals surface area contributed by atoms with Crippen molar-refractivity contribution in [2.45, 2.75) is 65.0 Å². The van der Waals surface area contributed by atoms with Gasteiger partial charge < -0.3 is 0 Å². The largest absolute Gasteiger partial charge is 0.290 e. The summed E-state index contributed by atoms with van der Waals surface area (Å²) in [6, 6.07) is 9.38. The molecule has 3 rings (SSSR count). The Balaban J connectivity index is 1.99. The normalized spacial score (nSPS) is 17.3. The molecule has 130 valence electrons. The zero-order valence-electron chi connectivity index (χ0n) is 15.1. The zero-order chi connectivity index (χ0) is 16.9. The van der Waals surface area contributed by atoms with Crippen LogP contribution in [0.4, 0.5) is 0 Å². The van der Waals surface area contributed by atoms with Crippen molar-refractivity contribution in [3.8, 4) is 0 Å². The summed E-state index contributed by atoms with van der Waals surface area (Å²) >= 11 is 0. The molecule has 0 amide bonds. The Kier molecular flexibility index (Phi) is 5.61. The molecule has 2 aromatic rings. The maximum Gasteiger partial charge on any atom is 0.173 e. The number of tetrazole rings is 1. The fourth-order valence-corrected chi connectivity index (χ4v) is 3.83. The predicted octanol–water partition coefficient (Wildman–Crippen LogP) is 3.92. The summed E-state index contributed by atoms with van der Waals surface area (Å²) in [6.45, 7) is 8.50. The standard InChI is InChI=1S/C19H29N5/c1-4-23(5-2)18(16-13-11-15(3)12-14-16)19-20-21-22-24(19)17-9-7-6-8-10-17/h11-14,17-18H,4-10H2,1-3H3/t18-/m0/s1. The summed E-state index contributed by atoms with van der Waals surface area (Å²) in [5.74, 6) is 0.995. The van der Waals surface area contributed by atoms with E-state index in [4.69, 9.17) is 0 Å². The summed E-state index contributed by atoms with van der Waals surface area (Å²) in [5, 5.41) is 12.9. The summed E-state index contributed by atoms with van der Waals surface area (Å²) in [5.41, 5.74) is 2.56. The van der Waals surface area contributed by atoms with Gasteiger partial charge in [-0.05, 0) is 48.8 Å². The molecule has 1 aromatic carbocycles. The summed E-state index contributed by atoms with van der Waals surface area (Å²) in [4.78, 5) is 2.44. The molecule has 1 fully saturated rings. The Morgan fingerprint density at radius 3 is 2.38 bits per heavy atom. The van der Waals surface area contributed by atoms with E-state index >= 15 is 0 Å². The van der Waals surface area contributed by atoms with E-state index in [-0.39, 0.29) is 6.04 Å². The van der Waals surface area contributed by atoms with E-state index in [1.807, 2.05) is 0 Å². The smallest absolute Gasteiger partial charge is 0.173 e. The molecule has 1 heterocycles. The van der Waals surface area contributed by atoms with Crippen LogP contribution in [0.2, 0.25) is 0 Å². The average Bonchev–Trinajstić information content (AvgIpc) is 3.10. The highest BCUT2D eigenvalue weighted by molar-refractivity contribution is 5.28. The molecule has 0 radical (unpaired) electrons. The van der Waals surface area contributed by atoms with E-state index in [1.54, 1.807) is 0 Å². The van der Waals surface area contributed by atoms with Crippen molar-refractivity contribution in [2.75, 3.05) is 13.1 Å². The third-order valence-corrected chi connectivity index (χ3v) is 5.25. The van der Waals surface area contributed by atoms with Crippen molar-refractivity contribution in [1.82, 2.24) is 25.1 Å². The lowest BCUT2D eigenvalue weighted by Gasteiger charge is -2.31. The number of rotatable bonds is 6. The summed E-state index contributed by atoms with van der Waals surface area (Å²) in [6.07, 6.45) is 6.29. The van der Waals surface area contributed by atoms with Gasteiger partial charge in [0.2, 0.25) is 0 Å². The number of benzene rings is 1. The van der Waals surface area contributed by atoms with Crippen molar-refractivity contribution in [3.63, 3.8) is 0 Å². The van der Waals surface area contributed by atoms with Crippen molar-refractivity contribution in [3.05, 3.63) is 41.2 Å². The van der Waals surface area contributed by atoms with Crippen LogP contribution < -0.4 is 0 Å². The molecule has 1 atom stereocenters. The highest BCUT2D eigenvalue weighted by Crippen LogP contribution is 2.33. The lowest BCUT2D eigenvalue weighted by atomic mass is 9.95. The number of aromatic nitrogens is 4. The molecule has 0 spiro atoms. The van der Waals surface area contributed by atoms with Gasteiger partial charge in [0, 0.05) is 0 Å². The minimum absolute atomic E-state index is 0.123. The molecule has 0 aliphatic heterocycles. The van der Waals surface area contributed by atoms with Crippen LogP contribution in [0.15, 0.2) is 24.3 Å². The highest BCUT2D eigenvalue weighted by Gasteiger charge is 2.29. The van der Waals surface area contributed by atoms with Gasteiger partial charge in [-0.2, -0.15) is 0 Å². The lowest BCUT2D eigenvalue weighted by molar-refractivity contribution is 0.223. The minimum atomic E-state index is 0.123. The van der Waals surface area contributed by atoms with Gasteiger partial charge in [-0.1, -0.05) is 62.9 Å². The first-order valence-electron chi connectivity index (χ1n) is 9.33. The molecule has 0 bridgehead atoms. The molecule has 1 aromatic heterocycles. The number of nitrogens with zero attached hydrogens (tertiary/aromatic N) is 5. The van der Waals surface area contributed by atoms with Gasteiger partial charge in [0.15, 0.2) is 5.82 Å². The van der Waals surface area contributed by atoms with Crippen LogP contribution in [0.25, 0.3) is 0 Å². The predicted molar refractivity (Wildman–Crippen MR) is 95.9 cm³/mol. The molecule has 0 saturated heterocycles. The molecule has 1 aliphatic carbocycles. The van der Waals surface area contributed by atoms with Crippen molar-refractivity contribution in [1.29, 1.82) is 0 Å². The number of hydrogen-bond acceptors (Lipinski definition) is 4. The van der Waals surface area contributed by atoms with Crippen molar-refractivity contribution >= 4 is 0 Å².